The minimum atomic E-state index is -3.43. The normalized spacial score (nSPS) is 16.6. The van der Waals surface area contributed by atoms with Crippen LogP contribution in [0.25, 0.3) is 0 Å². The molecule has 5 nitrogen and oxygen atoms in total. The molecule has 1 saturated heterocycles. The predicted octanol–water partition coefficient (Wildman–Crippen LogP) is 3.94. The highest BCUT2D eigenvalue weighted by Crippen LogP contribution is 2.29. The monoisotopic (exact) mass is 414 g/mol. The van der Waals surface area contributed by atoms with Gasteiger partial charge in [0.2, 0.25) is 10.0 Å². The molecule has 28 heavy (non-hydrogen) atoms. The molecule has 3 heterocycles. The number of thiophene rings is 1. The van der Waals surface area contributed by atoms with Gasteiger partial charge in [0.1, 0.15) is 11.1 Å². The highest BCUT2D eigenvalue weighted by molar-refractivity contribution is 7.89. The number of aromatic nitrogens is 1. The molecule has 0 aliphatic carbocycles. The summed E-state index contributed by atoms with van der Waals surface area (Å²) in [5, 5.41) is 5.56. The van der Waals surface area contributed by atoms with Crippen LogP contribution in [-0.4, -0.2) is 25.8 Å². The number of pyridine rings is 1. The van der Waals surface area contributed by atoms with E-state index in [9.17, 15) is 8.42 Å². The first-order valence-corrected chi connectivity index (χ1v) is 11.8. The summed E-state index contributed by atoms with van der Waals surface area (Å²) in [5.41, 5.74) is 1.16. The summed E-state index contributed by atoms with van der Waals surface area (Å²) in [6.45, 7) is 1.22. The van der Waals surface area contributed by atoms with Crippen LogP contribution in [0.15, 0.2) is 71.1 Å². The van der Waals surface area contributed by atoms with E-state index in [-0.39, 0.29) is 6.04 Å². The van der Waals surface area contributed by atoms with Crippen LogP contribution >= 0.6 is 11.3 Å². The molecular formula is C21H24N3O2S2+. The van der Waals surface area contributed by atoms with Gasteiger partial charge in [0.25, 0.3) is 5.82 Å². The van der Waals surface area contributed by atoms with Crippen molar-refractivity contribution >= 4 is 27.2 Å². The largest absolute Gasteiger partial charge is 0.273 e. The number of anilines is 1. The summed E-state index contributed by atoms with van der Waals surface area (Å²) in [7, 11) is -3.43. The molecule has 3 aromatic rings. The summed E-state index contributed by atoms with van der Waals surface area (Å²) in [6, 6.07) is 17.9. The molecule has 1 aliphatic heterocycles. The fourth-order valence-corrected chi connectivity index (χ4v) is 5.78. The van der Waals surface area contributed by atoms with E-state index in [4.69, 9.17) is 0 Å². The second-order valence-corrected chi connectivity index (χ2v) is 9.82. The molecule has 0 spiro atoms. The number of hydrogen-bond donors (Lipinski definition) is 1. The van der Waals surface area contributed by atoms with E-state index in [2.05, 4.69) is 33.9 Å². The summed E-state index contributed by atoms with van der Waals surface area (Å²) in [5.74, 6) is 0.778. The number of H-pyrrole nitrogens is 1. The van der Waals surface area contributed by atoms with Gasteiger partial charge in [-0.15, -0.1) is 11.3 Å². The van der Waals surface area contributed by atoms with Crippen LogP contribution in [0.4, 0.5) is 5.82 Å². The van der Waals surface area contributed by atoms with E-state index >= 15 is 0 Å². The Bertz CT molecular complexity index is 982. The maximum atomic E-state index is 12.8. The van der Waals surface area contributed by atoms with Crippen molar-refractivity contribution in [2.75, 3.05) is 18.4 Å². The zero-order valence-electron chi connectivity index (χ0n) is 15.5. The Morgan fingerprint density at radius 2 is 1.75 bits per heavy atom. The maximum Gasteiger partial charge on any atom is 0.273 e. The van der Waals surface area contributed by atoms with E-state index in [1.54, 1.807) is 34.0 Å². The van der Waals surface area contributed by atoms with Gasteiger partial charge >= 0.3 is 0 Å². The van der Waals surface area contributed by atoms with Crippen LogP contribution < -0.4 is 10.3 Å². The molecule has 0 unspecified atom stereocenters. The topological polar surface area (TPSA) is 63.6 Å². The smallest absolute Gasteiger partial charge is 0.262 e. The summed E-state index contributed by atoms with van der Waals surface area (Å²) in [6.07, 6.45) is 4.55. The van der Waals surface area contributed by atoms with E-state index in [1.165, 1.54) is 4.88 Å². The number of sulfonamides is 1. The third-order valence-corrected chi connectivity index (χ3v) is 7.83. The van der Waals surface area contributed by atoms with Gasteiger partial charge < -0.3 is 0 Å². The SMILES string of the molecule is O=S(=O)(c1ccc(N[C@H](c2ccccc2)c2cccs2)[nH+]c1)N1CCCCC1. The summed E-state index contributed by atoms with van der Waals surface area (Å²) >= 11 is 1.69. The van der Waals surface area contributed by atoms with Crippen molar-refractivity contribution in [1.82, 2.24) is 4.31 Å². The van der Waals surface area contributed by atoms with Crippen LogP contribution in [0.5, 0.6) is 0 Å². The molecule has 2 N–H and O–H groups in total. The van der Waals surface area contributed by atoms with Crippen molar-refractivity contribution in [3.8, 4) is 0 Å². The summed E-state index contributed by atoms with van der Waals surface area (Å²) in [4.78, 5) is 4.64. The van der Waals surface area contributed by atoms with E-state index in [1.807, 2.05) is 24.3 Å². The minimum absolute atomic E-state index is 0.00185. The van der Waals surface area contributed by atoms with Gasteiger partial charge in [0.15, 0.2) is 6.04 Å². The second kappa shape index (κ2) is 8.43. The van der Waals surface area contributed by atoms with Gasteiger partial charge in [-0.2, -0.15) is 4.31 Å². The lowest BCUT2D eigenvalue weighted by atomic mass is 10.1. The standard InChI is InChI=1S/C21H23N3O2S2/c25-28(26,24-13-5-2-6-14-24)18-11-12-20(22-16-18)23-21(19-10-7-15-27-19)17-8-3-1-4-9-17/h1,3-4,7-12,15-16,21H,2,5-6,13-14H2,(H,22,23)/p+1/t21-/m1/s1. The Hall–Kier alpha value is -2.22. The van der Waals surface area contributed by atoms with Crippen LogP contribution in [0.3, 0.4) is 0 Å². The Balaban J connectivity index is 1.56. The highest BCUT2D eigenvalue weighted by Gasteiger charge is 2.27. The molecule has 0 saturated carbocycles. The molecule has 1 aliphatic rings. The zero-order valence-corrected chi connectivity index (χ0v) is 17.2. The Morgan fingerprint density at radius 1 is 0.964 bits per heavy atom. The van der Waals surface area contributed by atoms with E-state index in [0.717, 1.165) is 30.6 Å². The lowest BCUT2D eigenvalue weighted by Crippen LogP contribution is -2.36. The molecule has 4 rings (SSSR count). The fraction of sp³-hybridized carbons (Fsp3) is 0.286. The number of aromatic amines is 1. The van der Waals surface area contributed by atoms with Gasteiger partial charge in [-0.25, -0.2) is 13.4 Å². The molecule has 7 heteroatoms. The van der Waals surface area contributed by atoms with E-state index in [0.29, 0.717) is 18.0 Å². The number of nitrogens with one attached hydrogen (secondary N) is 2. The molecule has 1 atom stereocenters. The van der Waals surface area contributed by atoms with Gasteiger partial charge in [-0.05, 0) is 30.4 Å². The first kappa shape index (κ1) is 19.1. The van der Waals surface area contributed by atoms with E-state index < -0.39 is 10.0 Å². The number of hydrogen-bond acceptors (Lipinski definition) is 4. The van der Waals surface area contributed by atoms with Gasteiger partial charge in [-0.3, -0.25) is 5.32 Å². The fourth-order valence-electron chi connectivity index (χ4n) is 3.49. The molecule has 0 amide bonds. The number of nitrogens with zero attached hydrogens (tertiary/aromatic N) is 1. The zero-order chi connectivity index (χ0) is 19.4. The van der Waals surface area contributed by atoms with Crippen LogP contribution in [0, 0.1) is 0 Å². The Kier molecular flexibility index (Phi) is 5.75. The molecular weight excluding hydrogens is 390 g/mol. The van der Waals surface area contributed by atoms with Crippen LogP contribution in [0.2, 0.25) is 0 Å². The number of rotatable bonds is 6. The number of benzene rings is 1. The van der Waals surface area contributed by atoms with Crippen LogP contribution in [-0.2, 0) is 10.0 Å². The molecule has 0 radical (unpaired) electrons. The maximum absolute atomic E-state index is 12.8. The summed E-state index contributed by atoms with van der Waals surface area (Å²) < 4.78 is 27.2. The second-order valence-electron chi connectivity index (χ2n) is 6.91. The average molecular weight is 415 g/mol. The van der Waals surface area contributed by atoms with Crippen molar-refractivity contribution < 1.29 is 13.4 Å². The van der Waals surface area contributed by atoms with Gasteiger partial charge in [-0.1, -0.05) is 42.8 Å². The van der Waals surface area contributed by atoms with Crippen molar-refractivity contribution in [3.63, 3.8) is 0 Å². The molecule has 2 aromatic heterocycles. The van der Waals surface area contributed by atoms with Gasteiger partial charge in [0.05, 0.1) is 4.88 Å². The van der Waals surface area contributed by atoms with Crippen molar-refractivity contribution in [2.24, 2.45) is 0 Å². The first-order valence-electron chi connectivity index (χ1n) is 9.51. The predicted molar refractivity (Wildman–Crippen MR) is 112 cm³/mol. The molecule has 146 valence electrons. The quantitative estimate of drug-likeness (QED) is 0.665. The molecule has 1 fully saturated rings. The third kappa shape index (κ3) is 4.11. The minimum Gasteiger partial charge on any atom is -0.262 e. The third-order valence-electron chi connectivity index (χ3n) is 5.00. The molecule has 0 bridgehead atoms. The number of piperidine rings is 1. The van der Waals surface area contributed by atoms with Crippen molar-refractivity contribution in [1.29, 1.82) is 0 Å². The highest BCUT2D eigenvalue weighted by atomic mass is 32.2. The Morgan fingerprint density at radius 3 is 2.39 bits per heavy atom. The average Bonchev–Trinajstić information content (AvgIpc) is 3.28. The van der Waals surface area contributed by atoms with Crippen molar-refractivity contribution in [3.05, 3.63) is 76.6 Å². The Labute approximate surface area is 170 Å². The van der Waals surface area contributed by atoms with Gasteiger partial charge in [0, 0.05) is 24.7 Å². The first-order chi connectivity index (χ1) is 13.6. The van der Waals surface area contributed by atoms with Crippen LogP contribution in [0.1, 0.15) is 35.7 Å². The lowest BCUT2D eigenvalue weighted by Gasteiger charge is -2.25. The molecule has 1 aromatic carbocycles. The lowest BCUT2D eigenvalue weighted by molar-refractivity contribution is -0.364. The van der Waals surface area contributed by atoms with Crippen molar-refractivity contribution in [2.45, 2.75) is 30.2 Å².